The Balaban J connectivity index is 1.66. The van der Waals surface area contributed by atoms with Crippen LogP contribution in [0.1, 0.15) is 41.3 Å². The normalized spacial score (nSPS) is 20.8. The van der Waals surface area contributed by atoms with Gasteiger partial charge in [-0.2, -0.15) is 0 Å². The molecule has 0 spiro atoms. The maximum Gasteiger partial charge on any atom is 0.328 e. The average molecular weight is 505 g/mol. The van der Waals surface area contributed by atoms with Crippen molar-refractivity contribution in [2.75, 3.05) is 39.3 Å². The minimum atomic E-state index is -1.06. The molecule has 8 heteroatoms. The number of piperidine rings is 1. The summed E-state index contributed by atoms with van der Waals surface area (Å²) < 4.78 is 0. The Morgan fingerprint density at radius 2 is 1.76 bits per heavy atom. The Hall–Kier alpha value is -3.46. The standard InChI is InChI=1S/C29H36N4O4/c1-3-12-31-15-16-33(21(2)20-31)29(30,25-8-5-9-26(34)19-25)24-7-4-6-23(18-24)28(37)32-13-10-22(11-14-32)17-27(35)36/h3-9,17-19,21,34H,1,10-16,20,30H2,2H3,(H,35,36). The third-order valence-electron chi connectivity index (χ3n) is 7.41. The number of nitrogens with two attached hydrogens (primary N) is 1. The molecule has 2 aliphatic rings. The molecule has 2 saturated heterocycles. The minimum absolute atomic E-state index is 0.0988. The molecule has 2 heterocycles. The number of rotatable bonds is 7. The molecule has 2 atom stereocenters. The summed E-state index contributed by atoms with van der Waals surface area (Å²) in [4.78, 5) is 30.8. The number of aromatic hydroxyl groups is 1. The van der Waals surface area contributed by atoms with Gasteiger partial charge in [-0.15, -0.1) is 6.58 Å². The van der Waals surface area contributed by atoms with Gasteiger partial charge in [0.1, 0.15) is 11.4 Å². The predicted octanol–water partition coefficient (Wildman–Crippen LogP) is 2.99. The third-order valence-corrected chi connectivity index (χ3v) is 7.41. The van der Waals surface area contributed by atoms with Crippen molar-refractivity contribution in [2.24, 2.45) is 5.73 Å². The van der Waals surface area contributed by atoms with Gasteiger partial charge in [0, 0.05) is 56.9 Å². The quantitative estimate of drug-likeness (QED) is 0.393. The number of likely N-dealkylation sites (tertiary alicyclic amines) is 1. The van der Waals surface area contributed by atoms with Crippen molar-refractivity contribution in [1.82, 2.24) is 14.7 Å². The first-order chi connectivity index (χ1) is 17.7. The largest absolute Gasteiger partial charge is 0.508 e. The summed E-state index contributed by atoms with van der Waals surface area (Å²) in [6.07, 6.45) is 4.25. The Kier molecular flexibility index (Phi) is 8.12. The van der Waals surface area contributed by atoms with Gasteiger partial charge in [0.25, 0.3) is 5.91 Å². The maximum atomic E-state index is 13.4. The van der Waals surface area contributed by atoms with Crippen LogP contribution in [0.15, 0.2) is 72.8 Å². The van der Waals surface area contributed by atoms with E-state index in [0.29, 0.717) is 38.0 Å². The Bertz CT molecular complexity index is 1190. The summed E-state index contributed by atoms with van der Waals surface area (Å²) >= 11 is 0. The van der Waals surface area contributed by atoms with E-state index in [1.54, 1.807) is 29.2 Å². The van der Waals surface area contributed by atoms with Crippen molar-refractivity contribution in [3.05, 3.63) is 89.5 Å². The number of amides is 1. The number of hydrogen-bond donors (Lipinski definition) is 3. The van der Waals surface area contributed by atoms with Gasteiger partial charge in [-0.25, -0.2) is 4.79 Å². The average Bonchev–Trinajstić information content (AvgIpc) is 2.88. The molecule has 2 aromatic rings. The molecule has 2 unspecified atom stereocenters. The van der Waals surface area contributed by atoms with Crippen molar-refractivity contribution in [3.8, 4) is 5.75 Å². The first kappa shape index (κ1) is 26.6. The van der Waals surface area contributed by atoms with Crippen molar-refractivity contribution in [3.63, 3.8) is 0 Å². The molecule has 8 nitrogen and oxygen atoms in total. The first-order valence-corrected chi connectivity index (χ1v) is 12.7. The molecule has 37 heavy (non-hydrogen) atoms. The van der Waals surface area contributed by atoms with E-state index in [0.717, 1.165) is 36.3 Å². The van der Waals surface area contributed by atoms with Crippen LogP contribution in [0.3, 0.4) is 0 Å². The van der Waals surface area contributed by atoms with Crippen LogP contribution in [0.2, 0.25) is 0 Å². The zero-order valence-electron chi connectivity index (χ0n) is 21.3. The van der Waals surface area contributed by atoms with Gasteiger partial charge >= 0.3 is 5.97 Å². The van der Waals surface area contributed by atoms with E-state index in [1.807, 2.05) is 30.3 Å². The lowest BCUT2D eigenvalue weighted by Crippen LogP contribution is -2.64. The number of hydrogen-bond acceptors (Lipinski definition) is 6. The summed E-state index contributed by atoms with van der Waals surface area (Å²) in [7, 11) is 0. The Morgan fingerprint density at radius 3 is 2.38 bits per heavy atom. The van der Waals surface area contributed by atoms with Crippen LogP contribution in [-0.2, 0) is 10.5 Å². The lowest BCUT2D eigenvalue weighted by atomic mass is 9.87. The molecule has 2 fully saturated rings. The zero-order chi connectivity index (χ0) is 26.6. The molecule has 1 amide bonds. The molecule has 2 aliphatic heterocycles. The van der Waals surface area contributed by atoms with Gasteiger partial charge < -0.3 is 20.8 Å². The van der Waals surface area contributed by atoms with Gasteiger partial charge in [-0.1, -0.05) is 35.9 Å². The van der Waals surface area contributed by atoms with Crippen molar-refractivity contribution >= 4 is 11.9 Å². The van der Waals surface area contributed by atoms with E-state index in [2.05, 4.69) is 23.3 Å². The number of carboxylic acid groups (broad SMARTS) is 1. The first-order valence-electron chi connectivity index (χ1n) is 12.7. The summed E-state index contributed by atoms with van der Waals surface area (Å²) in [5.41, 5.74) is 9.14. The highest BCUT2D eigenvalue weighted by Gasteiger charge is 2.42. The summed E-state index contributed by atoms with van der Waals surface area (Å²) in [5, 5.41) is 19.3. The Labute approximate surface area is 218 Å². The van der Waals surface area contributed by atoms with Crippen LogP contribution in [0.5, 0.6) is 5.75 Å². The van der Waals surface area contributed by atoms with Crippen molar-refractivity contribution < 1.29 is 19.8 Å². The number of phenols is 1. The fourth-order valence-corrected chi connectivity index (χ4v) is 5.53. The topological polar surface area (TPSA) is 110 Å². The summed E-state index contributed by atoms with van der Waals surface area (Å²) in [6, 6.07) is 14.6. The van der Waals surface area contributed by atoms with E-state index < -0.39 is 11.6 Å². The fraction of sp³-hybridized carbons (Fsp3) is 0.379. The number of carbonyl (C=O) groups is 2. The maximum absolute atomic E-state index is 13.4. The van der Waals surface area contributed by atoms with E-state index in [-0.39, 0.29) is 17.7 Å². The zero-order valence-corrected chi connectivity index (χ0v) is 21.3. The van der Waals surface area contributed by atoms with Crippen LogP contribution in [0.4, 0.5) is 0 Å². The molecule has 0 radical (unpaired) electrons. The van der Waals surface area contributed by atoms with Gasteiger partial charge in [-0.05, 0) is 55.2 Å². The van der Waals surface area contributed by atoms with Crippen LogP contribution in [0.25, 0.3) is 0 Å². The smallest absolute Gasteiger partial charge is 0.328 e. The van der Waals surface area contributed by atoms with Crippen LogP contribution >= 0.6 is 0 Å². The second kappa shape index (κ2) is 11.3. The monoisotopic (exact) mass is 504 g/mol. The molecule has 0 aliphatic carbocycles. The van der Waals surface area contributed by atoms with E-state index in [4.69, 9.17) is 10.8 Å². The lowest BCUT2D eigenvalue weighted by molar-refractivity contribution is -0.131. The Morgan fingerprint density at radius 1 is 1.08 bits per heavy atom. The summed E-state index contributed by atoms with van der Waals surface area (Å²) in [5.74, 6) is -0.914. The summed E-state index contributed by atoms with van der Waals surface area (Å²) in [6.45, 7) is 10.1. The van der Waals surface area contributed by atoms with Crippen LogP contribution in [0, 0.1) is 0 Å². The van der Waals surface area contributed by atoms with Crippen molar-refractivity contribution in [1.29, 1.82) is 0 Å². The molecular formula is C29H36N4O4. The molecular weight excluding hydrogens is 468 g/mol. The SMILES string of the molecule is C=CCN1CCN(C(N)(c2cccc(O)c2)c2cccc(C(=O)N3CCC(=CC(=O)O)CC3)c2)C(C)C1. The molecule has 2 aromatic carbocycles. The molecule has 4 N–H and O–H groups in total. The highest BCUT2D eigenvalue weighted by Crippen LogP contribution is 2.36. The van der Waals surface area contributed by atoms with Crippen molar-refractivity contribution in [2.45, 2.75) is 31.5 Å². The minimum Gasteiger partial charge on any atom is -0.508 e. The van der Waals surface area contributed by atoms with Gasteiger partial charge in [0.2, 0.25) is 0 Å². The predicted molar refractivity (Wildman–Crippen MR) is 143 cm³/mol. The van der Waals surface area contributed by atoms with Crippen LogP contribution in [-0.4, -0.2) is 82.1 Å². The number of benzene rings is 2. The van der Waals surface area contributed by atoms with Gasteiger partial charge in [0.05, 0.1) is 0 Å². The molecule has 0 bridgehead atoms. The third kappa shape index (κ3) is 5.77. The molecule has 4 rings (SSSR count). The highest BCUT2D eigenvalue weighted by atomic mass is 16.4. The van der Waals surface area contributed by atoms with E-state index in [1.165, 1.54) is 6.08 Å². The molecule has 196 valence electrons. The molecule has 0 aromatic heterocycles. The second-order valence-corrected chi connectivity index (χ2v) is 9.92. The van der Waals surface area contributed by atoms with Crippen LogP contribution < -0.4 is 5.73 Å². The van der Waals surface area contributed by atoms with Gasteiger partial charge in [-0.3, -0.25) is 14.6 Å². The number of aliphatic carboxylic acids is 1. The van der Waals surface area contributed by atoms with Gasteiger partial charge in [0.15, 0.2) is 0 Å². The van der Waals surface area contributed by atoms with E-state index >= 15 is 0 Å². The highest BCUT2D eigenvalue weighted by molar-refractivity contribution is 5.94. The number of phenolic OH excluding ortho intramolecular Hbond substituents is 1. The number of piperazine rings is 1. The lowest BCUT2D eigenvalue weighted by Gasteiger charge is -2.50. The second-order valence-electron chi connectivity index (χ2n) is 9.92. The number of nitrogens with zero attached hydrogens (tertiary/aromatic N) is 3. The molecule has 0 saturated carbocycles. The van der Waals surface area contributed by atoms with E-state index in [9.17, 15) is 14.7 Å². The fourth-order valence-electron chi connectivity index (χ4n) is 5.53. The number of carboxylic acids is 1. The number of carbonyl (C=O) groups excluding carboxylic acids is 1.